The lowest BCUT2D eigenvalue weighted by Gasteiger charge is -2.13. The molecule has 4 nitrogen and oxygen atoms in total. The number of nitrogens with zero attached hydrogens (tertiary/aromatic N) is 2. The SMILES string of the molecule is CN(CCCN)Cc1coc(-c2ccc(Cl)cc2)n1. The number of benzene rings is 1. The summed E-state index contributed by atoms with van der Waals surface area (Å²) in [5, 5.41) is 0.706. The Morgan fingerprint density at radius 3 is 2.74 bits per heavy atom. The monoisotopic (exact) mass is 279 g/mol. The van der Waals surface area contributed by atoms with Crippen molar-refractivity contribution in [3.8, 4) is 11.5 Å². The van der Waals surface area contributed by atoms with Gasteiger partial charge >= 0.3 is 0 Å². The number of rotatable bonds is 6. The van der Waals surface area contributed by atoms with E-state index in [1.165, 1.54) is 0 Å². The van der Waals surface area contributed by atoms with Gasteiger partial charge in [-0.1, -0.05) is 11.6 Å². The average Bonchev–Trinajstić information content (AvgIpc) is 2.85. The lowest BCUT2D eigenvalue weighted by molar-refractivity contribution is 0.320. The van der Waals surface area contributed by atoms with Crippen LogP contribution in [-0.2, 0) is 6.54 Å². The molecule has 0 saturated carbocycles. The number of oxazole rings is 1. The fraction of sp³-hybridized carbons (Fsp3) is 0.357. The summed E-state index contributed by atoms with van der Waals surface area (Å²) in [7, 11) is 2.05. The molecule has 19 heavy (non-hydrogen) atoms. The van der Waals surface area contributed by atoms with Gasteiger partial charge in [0.2, 0.25) is 5.89 Å². The van der Waals surface area contributed by atoms with Gasteiger partial charge in [0.15, 0.2) is 0 Å². The van der Waals surface area contributed by atoms with E-state index in [1.807, 2.05) is 31.3 Å². The molecule has 2 rings (SSSR count). The lowest BCUT2D eigenvalue weighted by Crippen LogP contribution is -2.21. The zero-order valence-corrected chi connectivity index (χ0v) is 11.7. The van der Waals surface area contributed by atoms with Crippen LogP contribution in [0, 0.1) is 0 Å². The van der Waals surface area contributed by atoms with Crippen molar-refractivity contribution in [1.29, 1.82) is 0 Å². The maximum atomic E-state index is 5.85. The second kappa shape index (κ2) is 6.70. The van der Waals surface area contributed by atoms with E-state index < -0.39 is 0 Å². The second-order valence-electron chi connectivity index (χ2n) is 4.53. The van der Waals surface area contributed by atoms with Crippen molar-refractivity contribution in [2.24, 2.45) is 5.73 Å². The number of aromatic nitrogens is 1. The number of nitrogens with two attached hydrogens (primary N) is 1. The van der Waals surface area contributed by atoms with Crippen molar-refractivity contribution in [2.45, 2.75) is 13.0 Å². The molecule has 0 spiro atoms. The average molecular weight is 280 g/mol. The van der Waals surface area contributed by atoms with Crippen LogP contribution in [0.25, 0.3) is 11.5 Å². The topological polar surface area (TPSA) is 55.3 Å². The van der Waals surface area contributed by atoms with Gasteiger partial charge in [0.05, 0.1) is 5.69 Å². The summed E-state index contributed by atoms with van der Waals surface area (Å²) in [6.07, 6.45) is 2.68. The second-order valence-corrected chi connectivity index (χ2v) is 4.97. The minimum atomic E-state index is 0.624. The molecule has 0 amide bonds. The molecule has 0 fully saturated rings. The van der Waals surface area contributed by atoms with Gasteiger partial charge in [-0.05, 0) is 50.8 Å². The van der Waals surface area contributed by atoms with Crippen molar-refractivity contribution in [3.05, 3.63) is 41.2 Å². The molecule has 0 saturated heterocycles. The largest absolute Gasteiger partial charge is 0.444 e. The summed E-state index contributed by atoms with van der Waals surface area (Å²) in [5.41, 5.74) is 7.34. The van der Waals surface area contributed by atoms with E-state index in [-0.39, 0.29) is 0 Å². The molecule has 0 atom stereocenters. The Morgan fingerprint density at radius 2 is 2.05 bits per heavy atom. The van der Waals surface area contributed by atoms with E-state index in [0.717, 1.165) is 30.8 Å². The lowest BCUT2D eigenvalue weighted by atomic mass is 10.2. The van der Waals surface area contributed by atoms with Gasteiger partial charge in [-0.3, -0.25) is 0 Å². The zero-order chi connectivity index (χ0) is 13.7. The van der Waals surface area contributed by atoms with Crippen molar-refractivity contribution in [2.75, 3.05) is 20.1 Å². The van der Waals surface area contributed by atoms with Gasteiger partial charge in [-0.2, -0.15) is 0 Å². The Labute approximate surface area is 118 Å². The fourth-order valence-electron chi connectivity index (χ4n) is 1.82. The predicted octanol–water partition coefficient (Wildman–Crippen LogP) is 2.78. The van der Waals surface area contributed by atoms with Gasteiger partial charge in [0, 0.05) is 17.1 Å². The van der Waals surface area contributed by atoms with E-state index >= 15 is 0 Å². The highest BCUT2D eigenvalue weighted by molar-refractivity contribution is 6.30. The molecule has 1 aromatic heterocycles. The molecule has 0 radical (unpaired) electrons. The highest BCUT2D eigenvalue weighted by atomic mass is 35.5. The van der Waals surface area contributed by atoms with Crippen molar-refractivity contribution in [3.63, 3.8) is 0 Å². The molecule has 0 aliphatic carbocycles. The van der Waals surface area contributed by atoms with Gasteiger partial charge in [-0.25, -0.2) is 4.98 Å². The molecule has 102 valence electrons. The summed E-state index contributed by atoms with van der Waals surface area (Å²) < 4.78 is 5.49. The first-order chi connectivity index (χ1) is 9.19. The quantitative estimate of drug-likeness (QED) is 0.883. The third kappa shape index (κ3) is 4.06. The number of hydrogen-bond donors (Lipinski definition) is 1. The molecular formula is C14H18ClN3O. The smallest absolute Gasteiger partial charge is 0.226 e. The van der Waals surface area contributed by atoms with E-state index in [4.69, 9.17) is 21.8 Å². The molecule has 0 aliphatic rings. The van der Waals surface area contributed by atoms with Gasteiger partial charge < -0.3 is 15.1 Å². The van der Waals surface area contributed by atoms with Crippen LogP contribution in [0.3, 0.4) is 0 Å². The molecule has 1 heterocycles. The zero-order valence-electron chi connectivity index (χ0n) is 11.0. The Morgan fingerprint density at radius 1 is 1.32 bits per heavy atom. The van der Waals surface area contributed by atoms with Crippen LogP contribution in [0.4, 0.5) is 0 Å². The fourth-order valence-corrected chi connectivity index (χ4v) is 1.95. The minimum Gasteiger partial charge on any atom is -0.444 e. The van der Waals surface area contributed by atoms with E-state index in [1.54, 1.807) is 6.26 Å². The minimum absolute atomic E-state index is 0.624. The summed E-state index contributed by atoms with van der Waals surface area (Å²) in [5.74, 6) is 0.624. The van der Waals surface area contributed by atoms with Crippen LogP contribution < -0.4 is 5.73 Å². The highest BCUT2D eigenvalue weighted by Crippen LogP contribution is 2.21. The Kier molecular flexibility index (Phi) is 4.96. The van der Waals surface area contributed by atoms with Crippen LogP contribution in [0.1, 0.15) is 12.1 Å². The van der Waals surface area contributed by atoms with Crippen molar-refractivity contribution >= 4 is 11.6 Å². The first kappa shape index (κ1) is 14.1. The highest BCUT2D eigenvalue weighted by Gasteiger charge is 2.08. The normalized spacial score (nSPS) is 11.2. The predicted molar refractivity (Wildman–Crippen MR) is 77.0 cm³/mol. The van der Waals surface area contributed by atoms with E-state index in [9.17, 15) is 0 Å². The Balaban J connectivity index is 2.00. The molecular weight excluding hydrogens is 262 g/mol. The van der Waals surface area contributed by atoms with Crippen LogP contribution in [0.5, 0.6) is 0 Å². The third-order valence-electron chi connectivity index (χ3n) is 2.82. The first-order valence-corrected chi connectivity index (χ1v) is 6.66. The van der Waals surface area contributed by atoms with E-state index in [2.05, 4.69) is 9.88 Å². The number of hydrogen-bond acceptors (Lipinski definition) is 4. The summed E-state index contributed by atoms with van der Waals surface area (Å²) >= 11 is 5.85. The van der Waals surface area contributed by atoms with Crippen molar-refractivity contribution in [1.82, 2.24) is 9.88 Å². The molecule has 5 heteroatoms. The molecule has 0 bridgehead atoms. The summed E-state index contributed by atoms with van der Waals surface area (Å²) in [4.78, 5) is 6.65. The summed E-state index contributed by atoms with van der Waals surface area (Å²) in [6.45, 7) is 2.43. The third-order valence-corrected chi connectivity index (χ3v) is 3.07. The summed E-state index contributed by atoms with van der Waals surface area (Å²) in [6, 6.07) is 7.45. The maximum Gasteiger partial charge on any atom is 0.226 e. The standard InChI is InChI=1S/C14H18ClN3O/c1-18(8-2-7-16)9-13-10-19-14(17-13)11-3-5-12(15)6-4-11/h3-6,10H,2,7-9,16H2,1H3. The first-order valence-electron chi connectivity index (χ1n) is 6.28. The Bertz CT molecular complexity index is 510. The van der Waals surface area contributed by atoms with Crippen LogP contribution in [0.2, 0.25) is 5.02 Å². The van der Waals surface area contributed by atoms with Gasteiger partial charge in [-0.15, -0.1) is 0 Å². The van der Waals surface area contributed by atoms with Crippen LogP contribution in [0.15, 0.2) is 34.9 Å². The molecule has 2 N–H and O–H groups in total. The van der Waals surface area contributed by atoms with Crippen molar-refractivity contribution < 1.29 is 4.42 Å². The van der Waals surface area contributed by atoms with Crippen LogP contribution in [-0.4, -0.2) is 30.0 Å². The van der Waals surface area contributed by atoms with E-state index in [0.29, 0.717) is 17.5 Å². The van der Waals surface area contributed by atoms with Gasteiger partial charge in [0.25, 0.3) is 0 Å². The maximum absolute atomic E-state index is 5.85. The molecule has 0 aliphatic heterocycles. The molecule has 0 unspecified atom stereocenters. The Hall–Kier alpha value is -1.36. The molecule has 2 aromatic rings. The number of halogens is 1. The van der Waals surface area contributed by atoms with Crippen LogP contribution >= 0.6 is 11.6 Å². The molecule has 1 aromatic carbocycles. The van der Waals surface area contributed by atoms with Gasteiger partial charge in [0.1, 0.15) is 6.26 Å².